The van der Waals surface area contributed by atoms with Crippen molar-refractivity contribution >= 4 is 16.8 Å². The zero-order valence-electron chi connectivity index (χ0n) is 17.8. The molecule has 1 aromatic heterocycles. The number of para-hydroxylation sites is 1. The van der Waals surface area contributed by atoms with Crippen molar-refractivity contribution in [1.82, 2.24) is 10.3 Å². The zero-order valence-corrected chi connectivity index (χ0v) is 17.8. The molecule has 1 amide bonds. The minimum absolute atomic E-state index is 0.0517. The van der Waals surface area contributed by atoms with Gasteiger partial charge < -0.3 is 24.5 Å². The van der Waals surface area contributed by atoms with Crippen molar-refractivity contribution in [3.05, 3.63) is 53.7 Å². The quantitative estimate of drug-likeness (QED) is 0.599. The lowest BCUT2D eigenvalue weighted by atomic mass is 10.1. The Balaban J connectivity index is 0.00000145. The predicted octanol–water partition coefficient (Wildman–Crippen LogP) is 4.12. The highest BCUT2D eigenvalue weighted by Gasteiger charge is 2.15. The average molecular weight is 399 g/mol. The van der Waals surface area contributed by atoms with Gasteiger partial charge in [0.25, 0.3) is 0 Å². The number of amides is 1. The van der Waals surface area contributed by atoms with Crippen LogP contribution in [0.25, 0.3) is 10.9 Å². The molecule has 3 aromatic rings. The van der Waals surface area contributed by atoms with Gasteiger partial charge in [-0.25, -0.2) is 0 Å². The highest BCUT2D eigenvalue weighted by Crippen LogP contribution is 2.38. The number of ether oxygens (including phenoxy) is 3. The number of carbonyl (C=O) groups is 1. The number of aromatic amines is 1. The number of H-pyrrole nitrogens is 1. The summed E-state index contributed by atoms with van der Waals surface area (Å²) in [7, 11) is 4.67. The fourth-order valence-electron chi connectivity index (χ4n) is 3.16. The van der Waals surface area contributed by atoms with E-state index in [-0.39, 0.29) is 12.3 Å². The summed E-state index contributed by atoms with van der Waals surface area (Å²) in [4.78, 5) is 15.6. The molecular weight excluding hydrogens is 368 g/mol. The number of benzene rings is 2. The van der Waals surface area contributed by atoms with Gasteiger partial charge in [0.2, 0.25) is 11.7 Å². The van der Waals surface area contributed by atoms with Crippen LogP contribution in [0.1, 0.15) is 25.0 Å². The fraction of sp³-hybridized carbons (Fsp3) is 0.348. The van der Waals surface area contributed by atoms with Crippen LogP contribution >= 0.6 is 0 Å². The first-order valence-corrected chi connectivity index (χ1v) is 9.76. The van der Waals surface area contributed by atoms with Gasteiger partial charge in [-0.1, -0.05) is 32.0 Å². The Morgan fingerprint density at radius 3 is 2.28 bits per heavy atom. The molecule has 0 aliphatic heterocycles. The molecule has 0 fully saturated rings. The summed E-state index contributed by atoms with van der Waals surface area (Å²) in [5.41, 5.74) is 3.10. The molecule has 1 heterocycles. The number of nitrogens with one attached hydrogen (secondary N) is 2. The summed E-state index contributed by atoms with van der Waals surface area (Å²) in [6.45, 7) is 4.57. The van der Waals surface area contributed by atoms with Gasteiger partial charge in [-0.2, -0.15) is 0 Å². The first-order chi connectivity index (χ1) is 14.2. The molecule has 0 atom stereocenters. The van der Waals surface area contributed by atoms with E-state index in [1.54, 1.807) is 33.5 Å². The van der Waals surface area contributed by atoms with Gasteiger partial charge in [0.1, 0.15) is 0 Å². The largest absolute Gasteiger partial charge is 0.493 e. The molecule has 0 bridgehead atoms. The van der Waals surface area contributed by atoms with Crippen molar-refractivity contribution in [2.24, 2.45) is 0 Å². The summed E-state index contributed by atoms with van der Waals surface area (Å²) < 4.78 is 16.0. The highest BCUT2D eigenvalue weighted by molar-refractivity contribution is 5.83. The highest BCUT2D eigenvalue weighted by atomic mass is 16.5. The van der Waals surface area contributed by atoms with Crippen molar-refractivity contribution in [3.63, 3.8) is 0 Å². The summed E-state index contributed by atoms with van der Waals surface area (Å²) in [6, 6.07) is 11.7. The molecule has 6 nitrogen and oxygen atoms in total. The zero-order chi connectivity index (χ0) is 21.2. The lowest BCUT2D eigenvalue weighted by molar-refractivity contribution is -0.120. The Hall–Kier alpha value is -3.15. The second kappa shape index (κ2) is 11.0. The summed E-state index contributed by atoms with van der Waals surface area (Å²) in [5.74, 6) is 1.55. The topological polar surface area (TPSA) is 72.6 Å². The maximum absolute atomic E-state index is 12.3. The maximum Gasteiger partial charge on any atom is 0.224 e. The van der Waals surface area contributed by atoms with Crippen LogP contribution in [0.5, 0.6) is 17.2 Å². The van der Waals surface area contributed by atoms with E-state index in [1.807, 2.05) is 38.2 Å². The molecule has 0 unspecified atom stereocenters. The number of rotatable bonds is 8. The van der Waals surface area contributed by atoms with Gasteiger partial charge in [0.15, 0.2) is 11.5 Å². The molecule has 156 valence electrons. The van der Waals surface area contributed by atoms with Crippen molar-refractivity contribution in [2.45, 2.75) is 26.7 Å². The van der Waals surface area contributed by atoms with Gasteiger partial charge in [-0.05, 0) is 35.7 Å². The number of aromatic nitrogens is 1. The third-order valence-electron chi connectivity index (χ3n) is 4.48. The molecule has 0 aliphatic carbocycles. The van der Waals surface area contributed by atoms with Gasteiger partial charge in [0, 0.05) is 23.6 Å². The monoisotopic (exact) mass is 398 g/mol. The normalized spacial score (nSPS) is 10.1. The molecule has 29 heavy (non-hydrogen) atoms. The number of hydrogen-bond donors (Lipinski definition) is 2. The molecule has 6 heteroatoms. The Morgan fingerprint density at radius 2 is 1.66 bits per heavy atom. The van der Waals surface area contributed by atoms with Crippen LogP contribution in [0.2, 0.25) is 0 Å². The Kier molecular flexibility index (Phi) is 8.40. The molecule has 2 N–H and O–H groups in total. The minimum atomic E-state index is -0.0517. The summed E-state index contributed by atoms with van der Waals surface area (Å²) >= 11 is 0. The third-order valence-corrected chi connectivity index (χ3v) is 4.48. The third kappa shape index (κ3) is 5.44. The fourth-order valence-corrected chi connectivity index (χ4v) is 3.16. The van der Waals surface area contributed by atoms with Crippen molar-refractivity contribution < 1.29 is 19.0 Å². The number of fused-ring (bicyclic) bond motifs is 1. The molecule has 0 saturated carbocycles. The van der Waals surface area contributed by atoms with Crippen LogP contribution in [0.4, 0.5) is 0 Å². The van der Waals surface area contributed by atoms with Crippen molar-refractivity contribution in [3.8, 4) is 17.2 Å². The van der Waals surface area contributed by atoms with E-state index in [9.17, 15) is 4.79 Å². The number of methoxy groups -OCH3 is 3. The van der Waals surface area contributed by atoms with Crippen LogP contribution in [0.3, 0.4) is 0 Å². The molecule has 0 aliphatic rings. The van der Waals surface area contributed by atoms with E-state index in [1.165, 1.54) is 10.9 Å². The van der Waals surface area contributed by atoms with E-state index in [4.69, 9.17) is 14.2 Å². The van der Waals surface area contributed by atoms with Crippen molar-refractivity contribution in [1.29, 1.82) is 0 Å². The molecule has 0 radical (unpaired) electrons. The minimum Gasteiger partial charge on any atom is -0.493 e. The SMILES string of the molecule is CC.COc1cc(CC(=O)NCCc2c[nH]c3ccccc23)cc(OC)c1OC. The van der Waals surface area contributed by atoms with Gasteiger partial charge >= 0.3 is 0 Å². The lowest BCUT2D eigenvalue weighted by Crippen LogP contribution is -2.27. The van der Waals surface area contributed by atoms with Gasteiger partial charge in [-0.3, -0.25) is 4.79 Å². The Bertz CT molecular complexity index is 909. The van der Waals surface area contributed by atoms with Gasteiger partial charge in [-0.15, -0.1) is 0 Å². The number of carbonyl (C=O) groups excluding carboxylic acids is 1. The number of hydrogen-bond acceptors (Lipinski definition) is 4. The van der Waals surface area contributed by atoms with Crippen LogP contribution < -0.4 is 19.5 Å². The summed E-state index contributed by atoms with van der Waals surface area (Å²) in [6.07, 6.45) is 3.01. The maximum atomic E-state index is 12.3. The Labute approximate surface area is 172 Å². The van der Waals surface area contributed by atoms with E-state index in [0.29, 0.717) is 23.8 Å². The standard InChI is InChI=1S/C21H24N2O4.C2H6/c1-25-18-10-14(11-19(26-2)21(18)27-3)12-20(24)22-9-8-15-13-23-17-7-5-4-6-16(15)17;1-2/h4-7,10-11,13,23H,8-9,12H2,1-3H3,(H,22,24);1-2H3. The van der Waals surface area contributed by atoms with E-state index in [0.717, 1.165) is 17.5 Å². The molecule has 0 saturated heterocycles. The van der Waals surface area contributed by atoms with E-state index in [2.05, 4.69) is 16.4 Å². The molecular formula is C23H30N2O4. The predicted molar refractivity (Wildman–Crippen MR) is 116 cm³/mol. The van der Waals surface area contributed by atoms with Gasteiger partial charge in [0.05, 0.1) is 27.8 Å². The van der Waals surface area contributed by atoms with Crippen LogP contribution in [0, 0.1) is 0 Å². The smallest absolute Gasteiger partial charge is 0.224 e. The molecule has 2 aromatic carbocycles. The van der Waals surface area contributed by atoms with E-state index >= 15 is 0 Å². The average Bonchev–Trinajstić information content (AvgIpc) is 3.17. The van der Waals surface area contributed by atoms with Crippen LogP contribution in [-0.2, 0) is 17.6 Å². The molecule has 0 spiro atoms. The second-order valence-corrected chi connectivity index (χ2v) is 6.17. The van der Waals surface area contributed by atoms with E-state index < -0.39 is 0 Å². The van der Waals surface area contributed by atoms with Crippen LogP contribution in [0.15, 0.2) is 42.6 Å². The second-order valence-electron chi connectivity index (χ2n) is 6.17. The van der Waals surface area contributed by atoms with Crippen molar-refractivity contribution in [2.75, 3.05) is 27.9 Å². The molecule has 3 rings (SSSR count). The lowest BCUT2D eigenvalue weighted by Gasteiger charge is -2.14. The Morgan fingerprint density at radius 1 is 1.00 bits per heavy atom. The summed E-state index contributed by atoms with van der Waals surface area (Å²) in [5, 5.41) is 4.16. The van der Waals surface area contributed by atoms with Crippen LogP contribution in [-0.4, -0.2) is 38.8 Å². The first-order valence-electron chi connectivity index (χ1n) is 9.76. The first kappa shape index (κ1) is 22.1.